The molecule has 3 rings (SSSR count). The van der Waals surface area contributed by atoms with Crippen molar-refractivity contribution in [2.24, 2.45) is 23.7 Å². The van der Waals surface area contributed by atoms with Crippen molar-refractivity contribution in [3.05, 3.63) is 0 Å². The minimum absolute atomic E-state index is 0.444. The molecule has 1 aliphatic heterocycles. The topological polar surface area (TPSA) is 24.1 Å². The molecule has 0 amide bonds. The first-order valence-electron chi connectivity index (χ1n) is 10.9. The number of hydrogen-bond acceptors (Lipinski definition) is 2. The monoisotopic (exact) mass is 338 g/mol. The predicted molar refractivity (Wildman–Crippen MR) is 99.7 cm³/mol. The van der Waals surface area contributed by atoms with Crippen molar-refractivity contribution in [3.63, 3.8) is 0 Å². The summed E-state index contributed by atoms with van der Waals surface area (Å²) >= 11 is 0. The highest BCUT2D eigenvalue weighted by Gasteiger charge is 2.34. The Bertz CT molecular complexity index is 338. The Hall–Kier alpha value is -0.150. The van der Waals surface area contributed by atoms with Crippen LogP contribution in [0.5, 0.6) is 0 Å². The zero-order valence-corrected chi connectivity index (χ0v) is 15.7. The third-order valence-corrected chi connectivity index (χ3v) is 7.15. The Labute approximate surface area is 148 Å². The van der Waals surface area contributed by atoms with Crippen LogP contribution in [-0.4, -0.2) is 25.4 Å². The first-order valence-corrected chi connectivity index (χ1v) is 10.9. The van der Waals surface area contributed by atoms with Gasteiger partial charge in [-0.25, -0.2) is 4.39 Å². The van der Waals surface area contributed by atoms with Gasteiger partial charge in [0.25, 0.3) is 0 Å². The SMILES string of the molecule is CCCCCC1CCC(C2CNC(C3CCC(F)CC3)NC2)CC1. The highest BCUT2D eigenvalue weighted by molar-refractivity contribution is 4.89. The van der Waals surface area contributed by atoms with Crippen LogP contribution in [0.3, 0.4) is 0 Å². The molecule has 3 aliphatic rings. The molecular formula is C21H39FN2. The number of halogens is 1. The van der Waals surface area contributed by atoms with Crippen molar-refractivity contribution >= 4 is 0 Å². The van der Waals surface area contributed by atoms with E-state index >= 15 is 0 Å². The van der Waals surface area contributed by atoms with Gasteiger partial charge in [0.15, 0.2) is 0 Å². The second-order valence-electron chi connectivity index (χ2n) is 8.84. The highest BCUT2D eigenvalue weighted by Crippen LogP contribution is 2.37. The molecule has 3 fully saturated rings. The van der Waals surface area contributed by atoms with Gasteiger partial charge in [0.1, 0.15) is 6.17 Å². The fraction of sp³-hybridized carbons (Fsp3) is 1.00. The minimum Gasteiger partial charge on any atom is -0.301 e. The summed E-state index contributed by atoms with van der Waals surface area (Å²) in [6, 6.07) is 0. The molecule has 24 heavy (non-hydrogen) atoms. The van der Waals surface area contributed by atoms with Crippen molar-refractivity contribution in [2.45, 2.75) is 96.3 Å². The molecule has 0 unspecified atom stereocenters. The molecule has 0 aromatic heterocycles. The Kier molecular flexibility index (Phi) is 7.39. The van der Waals surface area contributed by atoms with Crippen molar-refractivity contribution < 1.29 is 4.39 Å². The second-order valence-corrected chi connectivity index (χ2v) is 8.84. The molecule has 0 aromatic rings. The van der Waals surface area contributed by atoms with E-state index in [0.717, 1.165) is 43.4 Å². The zero-order valence-electron chi connectivity index (χ0n) is 15.7. The second kappa shape index (κ2) is 9.52. The normalized spacial score (nSPS) is 41.2. The van der Waals surface area contributed by atoms with Gasteiger partial charge in [-0.15, -0.1) is 0 Å². The number of alkyl halides is 1. The number of nitrogens with one attached hydrogen (secondary N) is 2. The largest absolute Gasteiger partial charge is 0.301 e. The molecule has 0 aromatic carbocycles. The Morgan fingerprint density at radius 1 is 0.750 bits per heavy atom. The van der Waals surface area contributed by atoms with E-state index in [2.05, 4.69) is 17.6 Å². The van der Waals surface area contributed by atoms with E-state index in [-0.39, 0.29) is 0 Å². The lowest BCUT2D eigenvalue weighted by Gasteiger charge is -2.42. The molecule has 0 radical (unpaired) electrons. The van der Waals surface area contributed by atoms with Crippen molar-refractivity contribution in [1.29, 1.82) is 0 Å². The number of unbranched alkanes of at least 4 members (excludes halogenated alkanes) is 2. The van der Waals surface area contributed by atoms with E-state index in [1.165, 1.54) is 64.5 Å². The van der Waals surface area contributed by atoms with Crippen LogP contribution >= 0.6 is 0 Å². The average molecular weight is 339 g/mol. The summed E-state index contributed by atoms with van der Waals surface area (Å²) in [5.74, 6) is 3.40. The molecule has 1 saturated heterocycles. The molecule has 1 heterocycles. The molecule has 0 bridgehead atoms. The lowest BCUT2D eigenvalue weighted by molar-refractivity contribution is 0.113. The van der Waals surface area contributed by atoms with E-state index < -0.39 is 6.17 Å². The van der Waals surface area contributed by atoms with Gasteiger partial charge in [-0.05, 0) is 62.2 Å². The van der Waals surface area contributed by atoms with Crippen LogP contribution < -0.4 is 10.6 Å². The summed E-state index contributed by atoms with van der Waals surface area (Å²) in [7, 11) is 0. The molecule has 2 aliphatic carbocycles. The fourth-order valence-corrected chi connectivity index (χ4v) is 5.41. The van der Waals surface area contributed by atoms with Gasteiger partial charge >= 0.3 is 0 Å². The van der Waals surface area contributed by atoms with Crippen LogP contribution in [0.25, 0.3) is 0 Å². The zero-order chi connectivity index (χ0) is 16.8. The minimum atomic E-state index is -0.537. The van der Waals surface area contributed by atoms with Crippen LogP contribution in [0, 0.1) is 23.7 Å². The van der Waals surface area contributed by atoms with E-state index in [1.54, 1.807) is 0 Å². The maximum Gasteiger partial charge on any atom is 0.100 e. The maximum absolute atomic E-state index is 13.3. The third kappa shape index (κ3) is 5.17. The van der Waals surface area contributed by atoms with Gasteiger partial charge in [-0.1, -0.05) is 45.4 Å². The molecular weight excluding hydrogens is 299 g/mol. The quantitative estimate of drug-likeness (QED) is 0.663. The Balaban J connectivity index is 1.34. The molecule has 2 nitrogen and oxygen atoms in total. The predicted octanol–water partition coefficient (Wildman–Crippen LogP) is 5.04. The van der Waals surface area contributed by atoms with E-state index in [4.69, 9.17) is 0 Å². The highest BCUT2D eigenvalue weighted by atomic mass is 19.1. The molecule has 3 heteroatoms. The summed E-state index contributed by atoms with van der Waals surface area (Å²) < 4.78 is 13.3. The molecule has 0 atom stereocenters. The van der Waals surface area contributed by atoms with Gasteiger partial charge in [-0.3, -0.25) is 0 Å². The summed E-state index contributed by atoms with van der Waals surface area (Å²) in [5, 5.41) is 7.54. The number of hydrogen-bond donors (Lipinski definition) is 2. The van der Waals surface area contributed by atoms with Gasteiger partial charge in [0.2, 0.25) is 0 Å². The smallest absolute Gasteiger partial charge is 0.100 e. The lowest BCUT2D eigenvalue weighted by atomic mass is 9.73. The first-order chi connectivity index (χ1) is 11.8. The van der Waals surface area contributed by atoms with Crippen LogP contribution in [0.15, 0.2) is 0 Å². The van der Waals surface area contributed by atoms with Crippen LogP contribution in [0.2, 0.25) is 0 Å². The summed E-state index contributed by atoms with van der Waals surface area (Å²) in [5.41, 5.74) is 0. The Morgan fingerprint density at radius 3 is 2.00 bits per heavy atom. The molecule has 0 spiro atoms. The molecule has 2 saturated carbocycles. The number of rotatable bonds is 6. The Morgan fingerprint density at radius 2 is 1.38 bits per heavy atom. The first kappa shape index (κ1) is 18.6. The lowest BCUT2D eigenvalue weighted by Crippen LogP contribution is -2.58. The van der Waals surface area contributed by atoms with E-state index in [9.17, 15) is 4.39 Å². The van der Waals surface area contributed by atoms with Crippen LogP contribution in [-0.2, 0) is 0 Å². The van der Waals surface area contributed by atoms with Crippen molar-refractivity contribution in [2.75, 3.05) is 13.1 Å². The van der Waals surface area contributed by atoms with Crippen LogP contribution in [0.4, 0.5) is 4.39 Å². The summed E-state index contributed by atoms with van der Waals surface area (Å²) in [4.78, 5) is 0. The third-order valence-electron chi connectivity index (χ3n) is 7.15. The van der Waals surface area contributed by atoms with E-state index in [1.807, 2.05) is 0 Å². The van der Waals surface area contributed by atoms with Crippen molar-refractivity contribution in [3.8, 4) is 0 Å². The van der Waals surface area contributed by atoms with Gasteiger partial charge in [0.05, 0.1) is 6.17 Å². The van der Waals surface area contributed by atoms with E-state index in [0.29, 0.717) is 12.1 Å². The van der Waals surface area contributed by atoms with Gasteiger partial charge < -0.3 is 10.6 Å². The summed E-state index contributed by atoms with van der Waals surface area (Å²) in [6.45, 7) is 4.66. The van der Waals surface area contributed by atoms with Gasteiger partial charge in [-0.2, -0.15) is 0 Å². The average Bonchev–Trinajstić information content (AvgIpc) is 2.63. The molecule has 2 N–H and O–H groups in total. The standard InChI is InChI=1S/C21H39FN2/c1-2-3-4-5-16-6-8-17(9-7-16)19-14-23-21(24-15-19)18-10-12-20(22)13-11-18/h16-21,23-24H,2-15H2,1H3. The van der Waals surface area contributed by atoms with Gasteiger partial charge in [0, 0.05) is 13.1 Å². The van der Waals surface area contributed by atoms with Crippen LogP contribution in [0.1, 0.15) is 84.0 Å². The summed E-state index contributed by atoms with van der Waals surface area (Å²) in [6.07, 6.45) is 15.1. The maximum atomic E-state index is 13.3. The van der Waals surface area contributed by atoms with Crippen molar-refractivity contribution in [1.82, 2.24) is 10.6 Å². The fourth-order valence-electron chi connectivity index (χ4n) is 5.41. The molecule has 140 valence electrons.